The third-order valence-corrected chi connectivity index (χ3v) is 2.32. The molecule has 0 spiro atoms. The summed E-state index contributed by atoms with van der Waals surface area (Å²) in [6.07, 6.45) is 4.28. The molecular formula is C14H21NO. The number of hydrogen-bond donors (Lipinski definition) is 1. The largest absolute Gasteiger partial charge is 0.384 e. The third-order valence-electron chi connectivity index (χ3n) is 2.32. The van der Waals surface area contributed by atoms with Crippen LogP contribution in [0.15, 0.2) is 36.4 Å². The lowest BCUT2D eigenvalue weighted by Gasteiger charge is -2.09. The van der Waals surface area contributed by atoms with E-state index in [-0.39, 0.29) is 0 Å². The van der Waals surface area contributed by atoms with E-state index in [1.54, 1.807) is 7.11 Å². The first-order chi connectivity index (χ1) is 7.83. The quantitative estimate of drug-likeness (QED) is 0.712. The number of hydrogen-bond acceptors (Lipinski definition) is 2. The molecular weight excluding hydrogens is 198 g/mol. The molecule has 0 aliphatic carbocycles. The van der Waals surface area contributed by atoms with Gasteiger partial charge in [0.25, 0.3) is 0 Å². The van der Waals surface area contributed by atoms with Gasteiger partial charge in [-0.25, -0.2) is 0 Å². The summed E-state index contributed by atoms with van der Waals surface area (Å²) in [4.78, 5) is 0. The molecule has 16 heavy (non-hydrogen) atoms. The fourth-order valence-electron chi connectivity index (χ4n) is 1.52. The van der Waals surface area contributed by atoms with Crippen LogP contribution in [-0.4, -0.2) is 26.8 Å². The first-order valence-electron chi connectivity index (χ1n) is 5.74. The second kappa shape index (κ2) is 8.08. The van der Waals surface area contributed by atoms with Crippen molar-refractivity contribution in [3.8, 4) is 0 Å². The average Bonchev–Trinajstić information content (AvgIpc) is 2.30. The summed E-state index contributed by atoms with van der Waals surface area (Å²) in [5.41, 5.74) is 1.24. The van der Waals surface area contributed by atoms with E-state index < -0.39 is 0 Å². The molecule has 0 aliphatic rings. The maximum Gasteiger partial charge on any atom is 0.0499 e. The Kier molecular flexibility index (Phi) is 6.54. The van der Waals surface area contributed by atoms with Crippen molar-refractivity contribution in [1.82, 2.24) is 5.32 Å². The zero-order chi connectivity index (χ0) is 11.6. The lowest BCUT2D eigenvalue weighted by molar-refractivity contribution is 0.159. The Morgan fingerprint density at radius 3 is 2.75 bits per heavy atom. The summed E-state index contributed by atoms with van der Waals surface area (Å²) in [7, 11) is 1.74. The molecule has 88 valence electrons. The predicted molar refractivity (Wildman–Crippen MR) is 69.4 cm³/mol. The predicted octanol–water partition coefficient (Wildman–Crippen LogP) is 2.57. The first kappa shape index (κ1) is 12.9. The molecule has 1 aromatic carbocycles. The van der Waals surface area contributed by atoms with Crippen molar-refractivity contribution in [3.63, 3.8) is 0 Å². The highest BCUT2D eigenvalue weighted by molar-refractivity contribution is 5.48. The normalized spacial score (nSPS) is 13.1. The van der Waals surface area contributed by atoms with Crippen molar-refractivity contribution in [2.45, 2.75) is 6.92 Å². The Bertz CT molecular complexity index is 295. The molecule has 0 radical (unpaired) electrons. The second-order valence-electron chi connectivity index (χ2n) is 4.03. The molecule has 0 saturated carbocycles. The molecule has 2 nitrogen and oxygen atoms in total. The van der Waals surface area contributed by atoms with Gasteiger partial charge in [0.15, 0.2) is 0 Å². The van der Waals surface area contributed by atoms with Crippen LogP contribution in [0.1, 0.15) is 12.5 Å². The van der Waals surface area contributed by atoms with Crippen LogP contribution in [0.4, 0.5) is 0 Å². The number of rotatable bonds is 7. The van der Waals surface area contributed by atoms with Crippen molar-refractivity contribution in [2.75, 3.05) is 26.8 Å². The molecule has 0 heterocycles. The Morgan fingerprint density at radius 2 is 2.06 bits per heavy atom. The molecule has 1 unspecified atom stereocenters. The molecule has 0 saturated heterocycles. The van der Waals surface area contributed by atoms with Gasteiger partial charge in [0.2, 0.25) is 0 Å². The van der Waals surface area contributed by atoms with E-state index >= 15 is 0 Å². The van der Waals surface area contributed by atoms with Crippen molar-refractivity contribution >= 4 is 6.08 Å². The van der Waals surface area contributed by atoms with Gasteiger partial charge < -0.3 is 10.1 Å². The molecule has 0 fully saturated rings. The summed E-state index contributed by atoms with van der Waals surface area (Å²) in [5, 5.41) is 3.37. The fourth-order valence-corrected chi connectivity index (χ4v) is 1.52. The second-order valence-corrected chi connectivity index (χ2v) is 4.03. The van der Waals surface area contributed by atoms with Crippen LogP contribution in [0.2, 0.25) is 0 Å². The van der Waals surface area contributed by atoms with Crippen LogP contribution in [0, 0.1) is 5.92 Å². The first-order valence-corrected chi connectivity index (χ1v) is 5.74. The molecule has 0 bridgehead atoms. The summed E-state index contributed by atoms with van der Waals surface area (Å²) < 4.78 is 5.07. The van der Waals surface area contributed by atoms with Gasteiger partial charge in [-0.05, 0) is 11.5 Å². The third kappa shape index (κ3) is 5.69. The smallest absolute Gasteiger partial charge is 0.0499 e. The average molecular weight is 219 g/mol. The van der Waals surface area contributed by atoms with Gasteiger partial charge in [0, 0.05) is 26.8 Å². The van der Waals surface area contributed by atoms with Crippen molar-refractivity contribution < 1.29 is 4.74 Å². The molecule has 0 aliphatic heterocycles. The summed E-state index contributed by atoms with van der Waals surface area (Å²) in [5.74, 6) is 0.565. The monoisotopic (exact) mass is 219 g/mol. The minimum absolute atomic E-state index is 0.565. The van der Waals surface area contributed by atoms with E-state index in [0.717, 1.165) is 19.7 Å². The number of nitrogens with one attached hydrogen (secondary N) is 1. The topological polar surface area (TPSA) is 21.3 Å². The van der Waals surface area contributed by atoms with E-state index in [1.807, 2.05) is 18.2 Å². The van der Waals surface area contributed by atoms with E-state index in [9.17, 15) is 0 Å². The summed E-state index contributed by atoms with van der Waals surface area (Å²) in [6, 6.07) is 10.3. The van der Waals surface area contributed by atoms with E-state index in [0.29, 0.717) is 5.92 Å². The van der Waals surface area contributed by atoms with Crippen molar-refractivity contribution in [1.29, 1.82) is 0 Å². The van der Waals surface area contributed by atoms with Gasteiger partial charge >= 0.3 is 0 Å². The fraction of sp³-hybridized carbons (Fsp3) is 0.429. The number of methoxy groups -OCH3 is 1. The van der Waals surface area contributed by atoms with E-state index in [4.69, 9.17) is 4.74 Å². The van der Waals surface area contributed by atoms with Gasteiger partial charge in [0.05, 0.1) is 0 Å². The Hall–Kier alpha value is -1.12. The van der Waals surface area contributed by atoms with Crippen molar-refractivity contribution in [3.05, 3.63) is 42.0 Å². The highest BCUT2D eigenvalue weighted by Gasteiger charge is 1.98. The lowest BCUT2D eigenvalue weighted by atomic mass is 10.2. The summed E-state index contributed by atoms with van der Waals surface area (Å²) >= 11 is 0. The maximum absolute atomic E-state index is 5.07. The van der Waals surface area contributed by atoms with Crippen LogP contribution >= 0.6 is 0 Å². The Labute approximate surface area is 98.3 Å². The van der Waals surface area contributed by atoms with Gasteiger partial charge in [-0.15, -0.1) is 0 Å². The Morgan fingerprint density at radius 1 is 1.31 bits per heavy atom. The molecule has 1 rings (SSSR count). The van der Waals surface area contributed by atoms with Crippen LogP contribution in [-0.2, 0) is 4.74 Å². The van der Waals surface area contributed by atoms with Crippen LogP contribution in [0.3, 0.4) is 0 Å². The SMILES string of the molecule is COCC(C)CNCC=Cc1ccccc1. The van der Waals surface area contributed by atoms with Crippen LogP contribution < -0.4 is 5.32 Å². The minimum atomic E-state index is 0.565. The van der Waals surface area contributed by atoms with Gasteiger partial charge in [-0.1, -0.05) is 49.4 Å². The highest BCUT2D eigenvalue weighted by Crippen LogP contribution is 2.00. The zero-order valence-electron chi connectivity index (χ0n) is 10.1. The Balaban J connectivity index is 2.14. The molecule has 2 heteroatoms. The van der Waals surface area contributed by atoms with Gasteiger partial charge in [-0.3, -0.25) is 0 Å². The van der Waals surface area contributed by atoms with Crippen LogP contribution in [0.25, 0.3) is 6.08 Å². The van der Waals surface area contributed by atoms with Gasteiger partial charge in [-0.2, -0.15) is 0 Å². The molecule has 0 amide bonds. The zero-order valence-corrected chi connectivity index (χ0v) is 10.1. The van der Waals surface area contributed by atoms with Gasteiger partial charge in [0.1, 0.15) is 0 Å². The van der Waals surface area contributed by atoms with Crippen LogP contribution in [0.5, 0.6) is 0 Å². The molecule has 1 atom stereocenters. The molecule has 1 N–H and O–H groups in total. The lowest BCUT2D eigenvalue weighted by Crippen LogP contribution is -2.23. The van der Waals surface area contributed by atoms with E-state index in [2.05, 4.69) is 36.5 Å². The molecule has 0 aromatic heterocycles. The highest BCUT2D eigenvalue weighted by atomic mass is 16.5. The van der Waals surface area contributed by atoms with Crippen molar-refractivity contribution in [2.24, 2.45) is 5.92 Å². The maximum atomic E-state index is 5.07. The summed E-state index contributed by atoms with van der Waals surface area (Å²) in [6.45, 7) is 4.89. The van der Waals surface area contributed by atoms with E-state index in [1.165, 1.54) is 5.56 Å². The minimum Gasteiger partial charge on any atom is -0.384 e. The standard InChI is InChI=1S/C14H21NO/c1-13(12-16-2)11-15-10-6-9-14-7-4-3-5-8-14/h3-9,13,15H,10-12H2,1-2H3. The number of ether oxygens (including phenoxy) is 1. The number of benzene rings is 1. The molecule has 1 aromatic rings.